The molecule has 0 fully saturated rings. The lowest BCUT2D eigenvalue weighted by Crippen LogP contribution is -2.52. The monoisotopic (exact) mass is 551 g/mol. The number of nitrogens with one attached hydrogen (secondary N) is 1. The molecule has 1 N–H and O–H groups in total. The summed E-state index contributed by atoms with van der Waals surface area (Å²) in [5.41, 5.74) is 3.81. The second-order valence-electron chi connectivity index (χ2n) is 11.3. The number of hydrogen-bond acceptors (Lipinski definition) is 7. The molecule has 1 aliphatic rings. The number of benzene rings is 2. The molecule has 2 aromatic carbocycles. The van der Waals surface area contributed by atoms with Crippen molar-refractivity contribution in [3.63, 3.8) is 0 Å². The van der Waals surface area contributed by atoms with Gasteiger partial charge in [-0.15, -0.1) is 0 Å². The molecule has 216 valence electrons. The molecule has 0 heterocycles. The first kappa shape index (κ1) is 30.9. The average Bonchev–Trinajstić information content (AvgIpc) is 3.21. The molecule has 3 rings (SSSR count). The Kier molecular flexibility index (Phi) is 10.5. The standard InChI is InChI=1S/C32H41NO7/c1-8-17-37-28(34)18-27(20(2)3)39-30(35)29(21(4)40-32(5,6)7)33-31(36)38-19-26-24-15-11-9-13-22(24)23-14-10-12-16-25(23)26/h8-16,20-21,26-27,29H,1,17-19H2,2-7H3,(H,33,36)/t21-,27?,29+/m1/s1. The first-order chi connectivity index (χ1) is 18.9. The predicted octanol–water partition coefficient (Wildman–Crippen LogP) is 5.78. The minimum absolute atomic E-state index is 0.0695. The topological polar surface area (TPSA) is 100 Å². The molecule has 0 saturated heterocycles. The number of fused-ring (bicyclic) bond motifs is 3. The highest BCUT2D eigenvalue weighted by molar-refractivity contribution is 5.83. The SMILES string of the molecule is C=CCOC(=O)CC(OC(=O)[C@@H](NC(=O)OCC1c2ccccc2-c2ccccc21)[C@@H](C)OC(C)(C)C)C(C)C. The predicted molar refractivity (Wildman–Crippen MR) is 153 cm³/mol. The van der Waals surface area contributed by atoms with Crippen LogP contribution in [0.5, 0.6) is 0 Å². The van der Waals surface area contributed by atoms with Gasteiger partial charge in [-0.1, -0.05) is 75.0 Å². The highest BCUT2D eigenvalue weighted by atomic mass is 16.6. The summed E-state index contributed by atoms with van der Waals surface area (Å²) in [5.74, 6) is -1.53. The number of alkyl carbamates (subject to hydrolysis) is 1. The third-order valence-corrected chi connectivity index (χ3v) is 6.62. The Bertz CT molecular complexity index is 1150. The maximum atomic E-state index is 13.4. The van der Waals surface area contributed by atoms with Gasteiger partial charge >= 0.3 is 18.0 Å². The molecule has 0 radical (unpaired) electrons. The Morgan fingerprint density at radius 2 is 1.52 bits per heavy atom. The van der Waals surface area contributed by atoms with Crippen LogP contribution in [0.4, 0.5) is 4.79 Å². The van der Waals surface area contributed by atoms with Crippen molar-refractivity contribution in [3.05, 3.63) is 72.3 Å². The zero-order chi connectivity index (χ0) is 29.4. The summed E-state index contributed by atoms with van der Waals surface area (Å²) in [6.07, 6.45) is -0.913. The number of amides is 1. The van der Waals surface area contributed by atoms with Crippen LogP contribution < -0.4 is 5.32 Å². The summed E-state index contributed by atoms with van der Waals surface area (Å²) in [4.78, 5) is 38.6. The Balaban J connectivity index is 1.72. The van der Waals surface area contributed by atoms with Gasteiger partial charge in [0.1, 0.15) is 19.3 Å². The number of esters is 2. The quantitative estimate of drug-likeness (QED) is 0.203. The number of carbonyl (C=O) groups is 3. The molecular formula is C32H41NO7. The number of hydrogen-bond donors (Lipinski definition) is 1. The van der Waals surface area contributed by atoms with E-state index >= 15 is 0 Å². The van der Waals surface area contributed by atoms with E-state index in [0.29, 0.717) is 0 Å². The molecular weight excluding hydrogens is 510 g/mol. The van der Waals surface area contributed by atoms with Gasteiger partial charge < -0.3 is 24.3 Å². The summed E-state index contributed by atoms with van der Waals surface area (Å²) in [5, 5.41) is 2.65. The van der Waals surface area contributed by atoms with Gasteiger partial charge in [0, 0.05) is 5.92 Å². The van der Waals surface area contributed by atoms with Crippen LogP contribution in [-0.2, 0) is 28.5 Å². The minimum Gasteiger partial charge on any atom is -0.461 e. The first-order valence-corrected chi connectivity index (χ1v) is 13.7. The van der Waals surface area contributed by atoms with Crippen molar-refractivity contribution in [2.45, 2.75) is 77.7 Å². The lowest BCUT2D eigenvalue weighted by atomic mass is 9.98. The number of carbonyl (C=O) groups excluding carboxylic acids is 3. The molecule has 0 bridgehead atoms. The van der Waals surface area contributed by atoms with Crippen molar-refractivity contribution in [2.75, 3.05) is 13.2 Å². The van der Waals surface area contributed by atoms with Gasteiger partial charge in [0.25, 0.3) is 0 Å². The van der Waals surface area contributed by atoms with Crippen molar-refractivity contribution < 1.29 is 33.3 Å². The van der Waals surface area contributed by atoms with E-state index in [9.17, 15) is 14.4 Å². The van der Waals surface area contributed by atoms with Crippen LogP contribution in [0.15, 0.2) is 61.2 Å². The first-order valence-electron chi connectivity index (χ1n) is 13.7. The van der Waals surface area contributed by atoms with Gasteiger partial charge in [0.2, 0.25) is 0 Å². The molecule has 0 aromatic heterocycles. The highest BCUT2D eigenvalue weighted by Gasteiger charge is 2.36. The molecule has 1 amide bonds. The van der Waals surface area contributed by atoms with E-state index in [0.717, 1.165) is 22.3 Å². The summed E-state index contributed by atoms with van der Waals surface area (Å²) < 4.78 is 22.4. The van der Waals surface area contributed by atoms with Crippen LogP contribution in [0.2, 0.25) is 0 Å². The van der Waals surface area contributed by atoms with E-state index in [1.54, 1.807) is 6.92 Å². The van der Waals surface area contributed by atoms with Crippen LogP contribution in [0.3, 0.4) is 0 Å². The second kappa shape index (κ2) is 13.6. The molecule has 2 aromatic rings. The molecule has 8 nitrogen and oxygen atoms in total. The number of rotatable bonds is 12. The fourth-order valence-corrected chi connectivity index (χ4v) is 4.77. The van der Waals surface area contributed by atoms with E-state index in [-0.39, 0.29) is 31.5 Å². The molecule has 40 heavy (non-hydrogen) atoms. The van der Waals surface area contributed by atoms with Crippen molar-refractivity contribution in [1.82, 2.24) is 5.32 Å². The van der Waals surface area contributed by atoms with Gasteiger partial charge in [0.05, 0.1) is 18.1 Å². The average molecular weight is 552 g/mol. The van der Waals surface area contributed by atoms with Crippen LogP contribution >= 0.6 is 0 Å². The van der Waals surface area contributed by atoms with Crippen molar-refractivity contribution >= 4 is 18.0 Å². The molecule has 0 aliphatic heterocycles. The molecule has 0 spiro atoms. The Hall–Kier alpha value is -3.65. The van der Waals surface area contributed by atoms with Gasteiger partial charge in [-0.25, -0.2) is 9.59 Å². The third kappa shape index (κ3) is 8.18. The van der Waals surface area contributed by atoms with Crippen molar-refractivity contribution in [2.24, 2.45) is 5.92 Å². The lowest BCUT2D eigenvalue weighted by Gasteiger charge is -2.31. The Labute approximate surface area is 237 Å². The maximum absolute atomic E-state index is 13.4. The molecule has 1 unspecified atom stereocenters. The summed E-state index contributed by atoms with van der Waals surface area (Å²) >= 11 is 0. The summed E-state index contributed by atoms with van der Waals surface area (Å²) in [6.45, 7) is 14.6. The van der Waals surface area contributed by atoms with E-state index in [2.05, 4.69) is 24.0 Å². The normalized spacial score (nSPS) is 14.9. The maximum Gasteiger partial charge on any atom is 0.407 e. The highest BCUT2D eigenvalue weighted by Crippen LogP contribution is 2.44. The molecule has 0 saturated carbocycles. The fourth-order valence-electron chi connectivity index (χ4n) is 4.77. The zero-order valence-electron chi connectivity index (χ0n) is 24.3. The van der Waals surface area contributed by atoms with Gasteiger partial charge in [-0.05, 0) is 55.9 Å². The van der Waals surface area contributed by atoms with Crippen LogP contribution in [0.25, 0.3) is 11.1 Å². The van der Waals surface area contributed by atoms with E-state index in [4.69, 9.17) is 18.9 Å². The second-order valence-corrected chi connectivity index (χ2v) is 11.3. The third-order valence-electron chi connectivity index (χ3n) is 6.62. The van der Waals surface area contributed by atoms with E-state index in [1.807, 2.05) is 71.0 Å². The molecule has 1 aliphatic carbocycles. The van der Waals surface area contributed by atoms with Crippen molar-refractivity contribution in [3.8, 4) is 11.1 Å². The summed E-state index contributed by atoms with van der Waals surface area (Å²) in [7, 11) is 0. The Morgan fingerprint density at radius 3 is 2.05 bits per heavy atom. The minimum atomic E-state index is -1.17. The van der Waals surface area contributed by atoms with Crippen LogP contribution in [-0.4, -0.2) is 55.1 Å². The summed E-state index contributed by atoms with van der Waals surface area (Å²) in [6, 6.07) is 14.9. The fraction of sp³-hybridized carbons (Fsp3) is 0.469. The Morgan fingerprint density at radius 1 is 0.950 bits per heavy atom. The van der Waals surface area contributed by atoms with Gasteiger partial charge in [0.15, 0.2) is 6.04 Å². The smallest absolute Gasteiger partial charge is 0.407 e. The van der Waals surface area contributed by atoms with Gasteiger partial charge in [-0.3, -0.25) is 4.79 Å². The van der Waals surface area contributed by atoms with Crippen molar-refractivity contribution in [1.29, 1.82) is 0 Å². The van der Waals surface area contributed by atoms with E-state index < -0.39 is 41.9 Å². The van der Waals surface area contributed by atoms with Crippen LogP contribution in [0, 0.1) is 5.92 Å². The molecule has 8 heteroatoms. The molecule has 3 atom stereocenters. The number of ether oxygens (including phenoxy) is 4. The van der Waals surface area contributed by atoms with E-state index in [1.165, 1.54) is 6.08 Å². The zero-order valence-corrected chi connectivity index (χ0v) is 24.3. The van der Waals surface area contributed by atoms with Crippen LogP contribution in [0.1, 0.15) is 65.0 Å². The lowest BCUT2D eigenvalue weighted by molar-refractivity contribution is -0.164. The van der Waals surface area contributed by atoms with Gasteiger partial charge in [-0.2, -0.15) is 0 Å². The largest absolute Gasteiger partial charge is 0.461 e.